The van der Waals surface area contributed by atoms with E-state index in [0.29, 0.717) is 0 Å². The first-order chi connectivity index (χ1) is 7.71. The van der Waals surface area contributed by atoms with Gasteiger partial charge in [0, 0.05) is 32.6 Å². The summed E-state index contributed by atoms with van der Waals surface area (Å²) in [5, 5.41) is 3.07. The van der Waals surface area contributed by atoms with Crippen LogP contribution in [0.15, 0.2) is 34.2 Å². The van der Waals surface area contributed by atoms with Gasteiger partial charge in [-0.25, -0.2) is 0 Å². The van der Waals surface area contributed by atoms with Crippen LogP contribution in [0.5, 0.6) is 0 Å². The predicted molar refractivity (Wildman–Crippen MR) is 87.5 cm³/mol. The Labute approximate surface area is 125 Å². The molecule has 1 aromatic carbocycles. The molecule has 0 unspecified atom stereocenters. The molecule has 3 nitrogen and oxygen atoms in total. The summed E-state index contributed by atoms with van der Waals surface area (Å²) >= 11 is 1.76. The van der Waals surface area contributed by atoms with Gasteiger partial charge in [-0.05, 0) is 24.0 Å². The first kappa shape index (κ1) is 16.6. The van der Waals surface area contributed by atoms with Crippen LogP contribution in [-0.4, -0.2) is 38.3 Å². The summed E-state index contributed by atoms with van der Waals surface area (Å²) in [5.41, 5.74) is 1.29. The molecule has 5 heteroatoms. The van der Waals surface area contributed by atoms with Crippen molar-refractivity contribution in [2.75, 3.05) is 27.4 Å². The predicted octanol–water partition coefficient (Wildman–Crippen LogP) is 2.66. The molecule has 0 aromatic heterocycles. The molecule has 0 saturated carbocycles. The highest BCUT2D eigenvalue weighted by atomic mass is 127. The largest absolute Gasteiger partial charge is 0.359 e. The maximum atomic E-state index is 4.16. The number of hydrogen-bond acceptors (Lipinski definition) is 2. The maximum Gasteiger partial charge on any atom is 0.193 e. The molecule has 0 spiro atoms. The van der Waals surface area contributed by atoms with Crippen LogP contribution < -0.4 is 5.32 Å². The average molecular weight is 365 g/mol. The van der Waals surface area contributed by atoms with Crippen molar-refractivity contribution in [1.29, 1.82) is 0 Å². The van der Waals surface area contributed by atoms with E-state index in [9.17, 15) is 0 Å². The van der Waals surface area contributed by atoms with E-state index in [1.807, 2.05) is 14.1 Å². The third-order valence-electron chi connectivity index (χ3n) is 2.38. The van der Waals surface area contributed by atoms with Crippen LogP contribution in [0, 0.1) is 0 Å². The van der Waals surface area contributed by atoms with Crippen LogP contribution in [-0.2, 0) is 6.54 Å². The van der Waals surface area contributed by atoms with E-state index in [4.69, 9.17) is 0 Å². The Morgan fingerprint density at radius 2 is 1.94 bits per heavy atom. The summed E-state index contributed by atoms with van der Waals surface area (Å²) in [7, 11) is 5.70. The molecule has 0 aliphatic rings. The van der Waals surface area contributed by atoms with Crippen molar-refractivity contribution in [2.45, 2.75) is 11.4 Å². The molecule has 0 fully saturated rings. The van der Waals surface area contributed by atoms with Gasteiger partial charge in [0.1, 0.15) is 0 Å². The Hall–Kier alpha value is -0.430. The van der Waals surface area contributed by atoms with Gasteiger partial charge in [0.05, 0.1) is 0 Å². The van der Waals surface area contributed by atoms with E-state index >= 15 is 0 Å². The van der Waals surface area contributed by atoms with E-state index in [0.717, 1.165) is 12.5 Å². The summed E-state index contributed by atoms with van der Waals surface area (Å²) in [6.07, 6.45) is 2.09. The van der Waals surface area contributed by atoms with Crippen molar-refractivity contribution in [3.8, 4) is 0 Å². The van der Waals surface area contributed by atoms with E-state index in [1.54, 1.807) is 18.8 Å². The number of thioether (sulfide) groups is 1. The fraction of sp³-hybridized carbons (Fsp3) is 0.417. The Morgan fingerprint density at radius 1 is 1.35 bits per heavy atom. The second-order valence-electron chi connectivity index (χ2n) is 3.50. The molecular formula is C12H20IN3S. The van der Waals surface area contributed by atoms with E-state index in [-0.39, 0.29) is 24.0 Å². The number of nitrogens with one attached hydrogen (secondary N) is 1. The van der Waals surface area contributed by atoms with Gasteiger partial charge < -0.3 is 10.2 Å². The van der Waals surface area contributed by atoms with Gasteiger partial charge in [0.25, 0.3) is 0 Å². The van der Waals surface area contributed by atoms with Gasteiger partial charge in [-0.3, -0.25) is 4.99 Å². The summed E-state index contributed by atoms with van der Waals surface area (Å²) in [6, 6.07) is 8.61. The van der Waals surface area contributed by atoms with Gasteiger partial charge in [0.15, 0.2) is 5.96 Å². The highest BCUT2D eigenvalue weighted by molar-refractivity contribution is 14.0. The molecule has 0 radical (unpaired) electrons. The molecule has 17 heavy (non-hydrogen) atoms. The minimum atomic E-state index is 0. The third-order valence-corrected chi connectivity index (χ3v) is 3.12. The zero-order chi connectivity index (χ0) is 12.0. The Bertz CT molecular complexity index is 351. The summed E-state index contributed by atoms with van der Waals surface area (Å²) in [4.78, 5) is 7.55. The molecule has 0 amide bonds. The van der Waals surface area contributed by atoms with Gasteiger partial charge >= 0.3 is 0 Å². The minimum absolute atomic E-state index is 0. The number of halogens is 1. The van der Waals surface area contributed by atoms with Crippen LogP contribution in [0.3, 0.4) is 0 Å². The lowest BCUT2D eigenvalue weighted by Gasteiger charge is -2.20. The molecule has 0 saturated heterocycles. The second-order valence-corrected chi connectivity index (χ2v) is 4.38. The van der Waals surface area contributed by atoms with Gasteiger partial charge in [0.2, 0.25) is 0 Å². The van der Waals surface area contributed by atoms with Crippen molar-refractivity contribution in [1.82, 2.24) is 10.2 Å². The fourth-order valence-electron chi connectivity index (χ4n) is 1.55. The lowest BCUT2D eigenvalue weighted by Crippen LogP contribution is -2.36. The topological polar surface area (TPSA) is 27.6 Å². The normalized spacial score (nSPS) is 10.7. The van der Waals surface area contributed by atoms with E-state index in [2.05, 4.69) is 45.7 Å². The highest BCUT2D eigenvalue weighted by Gasteiger charge is 2.03. The van der Waals surface area contributed by atoms with Crippen molar-refractivity contribution >= 4 is 41.7 Å². The molecule has 96 valence electrons. The molecule has 0 aliphatic heterocycles. The summed E-state index contributed by atoms with van der Waals surface area (Å²) < 4.78 is 0. The number of nitrogens with zero attached hydrogens (tertiary/aromatic N) is 2. The fourth-order valence-corrected chi connectivity index (χ4v) is 1.96. The molecule has 0 atom stereocenters. The molecular weight excluding hydrogens is 345 g/mol. The Morgan fingerprint density at radius 3 is 2.35 bits per heavy atom. The first-order valence-electron chi connectivity index (χ1n) is 5.20. The van der Waals surface area contributed by atoms with Crippen LogP contribution in [0.1, 0.15) is 5.56 Å². The van der Waals surface area contributed by atoms with Crippen molar-refractivity contribution in [2.24, 2.45) is 4.99 Å². The van der Waals surface area contributed by atoms with Gasteiger partial charge in [-0.2, -0.15) is 0 Å². The third kappa shape index (κ3) is 5.16. The van der Waals surface area contributed by atoms with Crippen molar-refractivity contribution in [3.63, 3.8) is 0 Å². The molecule has 1 aromatic rings. The van der Waals surface area contributed by atoms with E-state index in [1.165, 1.54) is 10.5 Å². The number of rotatable bonds is 3. The first-order valence-corrected chi connectivity index (χ1v) is 6.42. The molecule has 0 aliphatic carbocycles. The van der Waals surface area contributed by atoms with Gasteiger partial charge in [-0.15, -0.1) is 35.7 Å². The SMILES string of the molecule is CN=C(NC)N(C)Cc1ccc(SC)cc1.I. The monoisotopic (exact) mass is 365 g/mol. The van der Waals surface area contributed by atoms with Crippen LogP contribution in [0.25, 0.3) is 0 Å². The van der Waals surface area contributed by atoms with Crippen molar-refractivity contribution < 1.29 is 0 Å². The summed E-state index contributed by atoms with van der Waals surface area (Å²) in [5.74, 6) is 0.897. The second kappa shape index (κ2) is 8.63. The molecule has 0 heterocycles. The highest BCUT2D eigenvalue weighted by Crippen LogP contribution is 2.15. The maximum absolute atomic E-state index is 4.16. The molecule has 0 bridgehead atoms. The standard InChI is InChI=1S/C12H19N3S.HI/c1-13-12(14-2)15(3)9-10-5-7-11(16-4)8-6-10;/h5-8H,9H2,1-4H3,(H,13,14);1H. The zero-order valence-electron chi connectivity index (χ0n) is 10.7. The molecule has 1 N–H and O–H groups in total. The van der Waals surface area contributed by atoms with Crippen LogP contribution >= 0.6 is 35.7 Å². The average Bonchev–Trinajstić information content (AvgIpc) is 2.31. The Balaban J connectivity index is 0.00000256. The number of benzene rings is 1. The zero-order valence-corrected chi connectivity index (χ0v) is 13.9. The lowest BCUT2D eigenvalue weighted by atomic mass is 10.2. The van der Waals surface area contributed by atoms with Crippen LogP contribution in [0.2, 0.25) is 0 Å². The lowest BCUT2D eigenvalue weighted by molar-refractivity contribution is 0.483. The quantitative estimate of drug-likeness (QED) is 0.386. The Kier molecular flexibility index (Phi) is 8.41. The van der Waals surface area contributed by atoms with Gasteiger partial charge in [-0.1, -0.05) is 12.1 Å². The van der Waals surface area contributed by atoms with E-state index < -0.39 is 0 Å². The van der Waals surface area contributed by atoms with Crippen LogP contribution in [0.4, 0.5) is 0 Å². The number of guanidine groups is 1. The van der Waals surface area contributed by atoms with Crippen molar-refractivity contribution in [3.05, 3.63) is 29.8 Å². The minimum Gasteiger partial charge on any atom is -0.359 e. The smallest absolute Gasteiger partial charge is 0.193 e. The number of aliphatic imine (C=N–C) groups is 1. The molecule has 1 rings (SSSR count). The number of hydrogen-bond donors (Lipinski definition) is 1. The summed E-state index contributed by atoms with van der Waals surface area (Å²) in [6.45, 7) is 0.863.